The fourth-order valence-electron chi connectivity index (χ4n) is 1.26. The van der Waals surface area contributed by atoms with Crippen LogP contribution in [0.2, 0.25) is 0 Å². The van der Waals surface area contributed by atoms with Crippen molar-refractivity contribution >= 4 is 5.91 Å². The summed E-state index contributed by atoms with van der Waals surface area (Å²) in [7, 11) is 0. The van der Waals surface area contributed by atoms with Crippen molar-refractivity contribution in [1.29, 1.82) is 0 Å². The number of carbonyl (C=O) groups is 1. The summed E-state index contributed by atoms with van der Waals surface area (Å²) in [5.74, 6) is 0.0942. The summed E-state index contributed by atoms with van der Waals surface area (Å²) in [5, 5.41) is 0. The van der Waals surface area contributed by atoms with Crippen LogP contribution in [0.4, 0.5) is 0 Å². The molecule has 1 aliphatic rings. The Morgan fingerprint density at radius 2 is 2.00 bits per heavy atom. The van der Waals surface area contributed by atoms with Crippen molar-refractivity contribution in [2.24, 2.45) is 5.41 Å². The van der Waals surface area contributed by atoms with Crippen LogP contribution in [0.3, 0.4) is 0 Å². The summed E-state index contributed by atoms with van der Waals surface area (Å²) in [6.45, 7) is 8.68. The standard InChI is InChI=1S/C9H18N2O/c1-8(2,3)9(4)6-5-7(12)10-11-9/h11H,5-6H2,1-4H3,(H,10,12). The van der Waals surface area contributed by atoms with Crippen molar-refractivity contribution in [3.63, 3.8) is 0 Å². The molecule has 2 N–H and O–H groups in total. The highest BCUT2D eigenvalue weighted by Gasteiger charge is 2.39. The highest BCUT2D eigenvalue weighted by atomic mass is 16.2. The summed E-state index contributed by atoms with van der Waals surface area (Å²) < 4.78 is 0. The number of hydrogen-bond acceptors (Lipinski definition) is 2. The fraction of sp³-hybridized carbons (Fsp3) is 0.889. The number of rotatable bonds is 0. The van der Waals surface area contributed by atoms with E-state index in [1.54, 1.807) is 0 Å². The third-order valence-electron chi connectivity index (χ3n) is 2.99. The molecule has 0 spiro atoms. The van der Waals surface area contributed by atoms with Gasteiger partial charge in [-0.3, -0.25) is 10.2 Å². The van der Waals surface area contributed by atoms with Gasteiger partial charge in [-0.2, -0.15) is 0 Å². The first kappa shape index (κ1) is 9.52. The molecule has 3 nitrogen and oxygen atoms in total. The molecule has 1 atom stereocenters. The lowest BCUT2D eigenvalue weighted by Gasteiger charge is -2.45. The van der Waals surface area contributed by atoms with Gasteiger partial charge in [-0.1, -0.05) is 20.8 Å². The topological polar surface area (TPSA) is 41.1 Å². The van der Waals surface area contributed by atoms with Crippen LogP contribution in [0.25, 0.3) is 0 Å². The van der Waals surface area contributed by atoms with E-state index in [4.69, 9.17) is 0 Å². The smallest absolute Gasteiger partial charge is 0.234 e. The van der Waals surface area contributed by atoms with Gasteiger partial charge < -0.3 is 0 Å². The van der Waals surface area contributed by atoms with E-state index >= 15 is 0 Å². The van der Waals surface area contributed by atoms with Crippen molar-refractivity contribution < 1.29 is 4.79 Å². The molecular formula is C9H18N2O. The Balaban J connectivity index is 2.68. The molecule has 0 saturated carbocycles. The Bertz CT molecular complexity index is 183. The Morgan fingerprint density at radius 3 is 2.33 bits per heavy atom. The van der Waals surface area contributed by atoms with Gasteiger partial charge >= 0.3 is 0 Å². The van der Waals surface area contributed by atoms with Crippen molar-refractivity contribution in [1.82, 2.24) is 10.9 Å². The van der Waals surface area contributed by atoms with Crippen LogP contribution >= 0.6 is 0 Å². The minimum Gasteiger partial charge on any atom is -0.291 e. The molecule has 0 radical (unpaired) electrons. The summed E-state index contributed by atoms with van der Waals surface area (Å²) in [6, 6.07) is 0. The van der Waals surface area contributed by atoms with Crippen LogP contribution < -0.4 is 10.9 Å². The summed E-state index contributed by atoms with van der Waals surface area (Å²) in [4.78, 5) is 10.9. The molecule has 1 aliphatic heterocycles. The first-order valence-electron chi connectivity index (χ1n) is 4.41. The van der Waals surface area contributed by atoms with Gasteiger partial charge in [-0.05, 0) is 18.8 Å². The van der Waals surface area contributed by atoms with Gasteiger partial charge in [0.05, 0.1) is 0 Å². The van der Waals surface area contributed by atoms with Crippen LogP contribution in [0.15, 0.2) is 0 Å². The maximum Gasteiger partial charge on any atom is 0.234 e. The maximum atomic E-state index is 10.9. The van der Waals surface area contributed by atoms with Gasteiger partial charge in [0.25, 0.3) is 0 Å². The SMILES string of the molecule is CC(C)(C)C1(C)CCC(=O)NN1. The minimum absolute atomic E-state index is 0.0148. The normalized spacial score (nSPS) is 31.5. The molecule has 1 rings (SSSR count). The van der Waals surface area contributed by atoms with E-state index in [1.807, 2.05) is 0 Å². The van der Waals surface area contributed by atoms with Gasteiger partial charge in [-0.15, -0.1) is 0 Å². The maximum absolute atomic E-state index is 10.9. The van der Waals surface area contributed by atoms with Crippen molar-refractivity contribution in [2.75, 3.05) is 0 Å². The number of amides is 1. The van der Waals surface area contributed by atoms with Crippen molar-refractivity contribution in [3.8, 4) is 0 Å². The minimum atomic E-state index is 0.0148. The van der Waals surface area contributed by atoms with E-state index in [0.717, 1.165) is 6.42 Å². The van der Waals surface area contributed by atoms with E-state index in [1.165, 1.54) is 0 Å². The van der Waals surface area contributed by atoms with E-state index < -0.39 is 0 Å². The first-order chi connectivity index (χ1) is 5.35. The molecule has 3 heteroatoms. The quantitative estimate of drug-likeness (QED) is 0.573. The second-order valence-corrected chi connectivity index (χ2v) is 4.76. The van der Waals surface area contributed by atoms with E-state index in [9.17, 15) is 4.79 Å². The molecule has 70 valence electrons. The van der Waals surface area contributed by atoms with E-state index in [2.05, 4.69) is 38.5 Å². The van der Waals surface area contributed by atoms with Gasteiger partial charge in [0.1, 0.15) is 0 Å². The second kappa shape index (κ2) is 2.73. The average Bonchev–Trinajstić information content (AvgIpc) is 1.93. The van der Waals surface area contributed by atoms with Gasteiger partial charge in [-0.25, -0.2) is 5.43 Å². The zero-order valence-electron chi connectivity index (χ0n) is 8.32. The molecule has 0 aromatic heterocycles. The number of hydrogen-bond donors (Lipinski definition) is 2. The largest absolute Gasteiger partial charge is 0.291 e. The van der Waals surface area contributed by atoms with Crippen LogP contribution in [-0.4, -0.2) is 11.4 Å². The zero-order chi connectivity index (χ0) is 9.41. The zero-order valence-corrected chi connectivity index (χ0v) is 8.32. The predicted octanol–water partition coefficient (Wildman–Crippen LogP) is 1.21. The first-order valence-corrected chi connectivity index (χ1v) is 4.41. The van der Waals surface area contributed by atoms with Crippen LogP contribution in [0, 0.1) is 5.41 Å². The Kier molecular flexibility index (Phi) is 2.17. The van der Waals surface area contributed by atoms with Crippen LogP contribution in [0.5, 0.6) is 0 Å². The molecular weight excluding hydrogens is 152 g/mol. The van der Waals surface area contributed by atoms with Gasteiger partial charge in [0, 0.05) is 12.0 Å². The molecule has 1 saturated heterocycles. The molecule has 0 bridgehead atoms. The highest BCUT2D eigenvalue weighted by Crippen LogP contribution is 2.34. The molecule has 0 aromatic rings. The van der Waals surface area contributed by atoms with Gasteiger partial charge in [0.2, 0.25) is 5.91 Å². The number of hydrazine groups is 1. The summed E-state index contributed by atoms with van der Waals surface area (Å²) in [6.07, 6.45) is 1.53. The lowest BCUT2D eigenvalue weighted by atomic mass is 9.72. The summed E-state index contributed by atoms with van der Waals surface area (Å²) in [5.41, 5.74) is 5.96. The van der Waals surface area contributed by atoms with E-state index in [-0.39, 0.29) is 16.9 Å². The monoisotopic (exact) mass is 170 g/mol. The Morgan fingerprint density at radius 1 is 1.42 bits per heavy atom. The average molecular weight is 170 g/mol. The molecule has 0 aliphatic carbocycles. The third-order valence-corrected chi connectivity index (χ3v) is 2.99. The Hall–Kier alpha value is -0.570. The van der Waals surface area contributed by atoms with Crippen molar-refractivity contribution in [2.45, 2.75) is 46.1 Å². The molecule has 0 aromatic carbocycles. The van der Waals surface area contributed by atoms with Crippen LogP contribution in [0.1, 0.15) is 40.5 Å². The Labute approximate surface area is 73.9 Å². The second-order valence-electron chi connectivity index (χ2n) is 4.76. The lowest BCUT2D eigenvalue weighted by molar-refractivity contribution is -0.126. The summed E-state index contributed by atoms with van der Waals surface area (Å²) >= 11 is 0. The molecule has 12 heavy (non-hydrogen) atoms. The van der Waals surface area contributed by atoms with Gasteiger partial charge in [0.15, 0.2) is 0 Å². The number of carbonyl (C=O) groups excluding carboxylic acids is 1. The number of nitrogens with one attached hydrogen (secondary N) is 2. The lowest BCUT2D eigenvalue weighted by Crippen LogP contribution is -2.62. The molecule has 1 unspecified atom stereocenters. The predicted molar refractivity (Wildman–Crippen MR) is 48.4 cm³/mol. The van der Waals surface area contributed by atoms with Crippen molar-refractivity contribution in [3.05, 3.63) is 0 Å². The molecule has 1 fully saturated rings. The fourth-order valence-corrected chi connectivity index (χ4v) is 1.26. The van der Waals surface area contributed by atoms with E-state index in [0.29, 0.717) is 6.42 Å². The third kappa shape index (κ3) is 1.61. The molecule has 1 heterocycles. The molecule has 1 amide bonds. The highest BCUT2D eigenvalue weighted by molar-refractivity contribution is 5.76. The van der Waals surface area contributed by atoms with Crippen LogP contribution in [-0.2, 0) is 4.79 Å².